The fourth-order valence-electron chi connectivity index (χ4n) is 5.74. The van der Waals surface area contributed by atoms with Crippen LogP contribution in [-0.4, -0.2) is 55.0 Å². The van der Waals surface area contributed by atoms with Crippen LogP contribution in [0, 0.1) is 6.92 Å². The summed E-state index contributed by atoms with van der Waals surface area (Å²) in [5, 5.41) is 12.9. The molecule has 0 atom stereocenters. The van der Waals surface area contributed by atoms with Crippen molar-refractivity contribution in [2.75, 3.05) is 26.2 Å². The number of fused-ring (bicyclic) bond motifs is 1. The van der Waals surface area contributed by atoms with Gasteiger partial charge in [-0.2, -0.15) is 0 Å². The maximum Gasteiger partial charge on any atom is 0.246 e. The molecule has 2 fully saturated rings. The lowest BCUT2D eigenvalue weighted by Crippen LogP contribution is -2.65. The standard InChI is InChI=1S/C25H34N4O4.C7H7Cl/c30-21-18-27-22(31)25(13-5-6-14-25)29-23(32)24(11-3-4-12-24)28-16-17-33-20-10-2-1-8-19(20)9-7-15-26-21;1-6-3-2-4-7(8)5-6/h1-2,7-10,28H,3-6,11-18H2,(H,26,30)(H,27,31)(H,29,32);2-5H,1H3/b9-7+;. The zero-order chi connectivity index (χ0) is 29.1. The molecule has 1 aliphatic heterocycles. The lowest BCUT2D eigenvalue weighted by Gasteiger charge is -2.36. The van der Waals surface area contributed by atoms with Gasteiger partial charge in [-0.3, -0.25) is 19.7 Å². The van der Waals surface area contributed by atoms with E-state index < -0.39 is 11.1 Å². The van der Waals surface area contributed by atoms with Crippen LogP contribution >= 0.6 is 11.6 Å². The van der Waals surface area contributed by atoms with Crippen LogP contribution in [0.3, 0.4) is 0 Å². The number of benzene rings is 2. The van der Waals surface area contributed by atoms with E-state index >= 15 is 0 Å². The number of ether oxygens (including phenoxy) is 1. The highest BCUT2D eigenvalue weighted by Crippen LogP contribution is 2.34. The zero-order valence-electron chi connectivity index (χ0n) is 23.8. The van der Waals surface area contributed by atoms with Gasteiger partial charge in [-0.15, -0.1) is 0 Å². The molecular weight excluding hydrogens is 540 g/mol. The monoisotopic (exact) mass is 580 g/mol. The van der Waals surface area contributed by atoms with Crippen molar-refractivity contribution in [3.8, 4) is 5.75 Å². The van der Waals surface area contributed by atoms with Crippen molar-refractivity contribution in [1.82, 2.24) is 21.3 Å². The molecule has 9 heteroatoms. The van der Waals surface area contributed by atoms with E-state index in [2.05, 4.69) is 21.3 Å². The molecule has 3 amide bonds. The van der Waals surface area contributed by atoms with Crippen LogP contribution in [0.5, 0.6) is 5.75 Å². The van der Waals surface area contributed by atoms with Crippen molar-refractivity contribution in [2.45, 2.75) is 69.4 Å². The Balaban J connectivity index is 0.000000417. The second kappa shape index (κ2) is 14.5. The van der Waals surface area contributed by atoms with Gasteiger partial charge in [0.15, 0.2) is 0 Å². The number of carbonyl (C=O) groups is 3. The summed E-state index contributed by atoms with van der Waals surface area (Å²) < 4.78 is 6.01. The van der Waals surface area contributed by atoms with Crippen LogP contribution in [0.15, 0.2) is 54.6 Å². The van der Waals surface area contributed by atoms with Gasteiger partial charge in [0.05, 0.1) is 12.1 Å². The van der Waals surface area contributed by atoms with Gasteiger partial charge >= 0.3 is 0 Å². The smallest absolute Gasteiger partial charge is 0.246 e. The molecule has 2 aromatic rings. The summed E-state index contributed by atoms with van der Waals surface area (Å²) in [7, 11) is 0. The third-order valence-corrected chi connectivity index (χ3v) is 8.22. The van der Waals surface area contributed by atoms with E-state index in [1.165, 1.54) is 5.56 Å². The Morgan fingerprint density at radius 2 is 1.54 bits per heavy atom. The summed E-state index contributed by atoms with van der Waals surface area (Å²) in [5.41, 5.74) is 0.479. The first-order valence-corrected chi connectivity index (χ1v) is 14.9. The van der Waals surface area contributed by atoms with Crippen LogP contribution in [0.4, 0.5) is 0 Å². The predicted molar refractivity (Wildman–Crippen MR) is 162 cm³/mol. The van der Waals surface area contributed by atoms with Crippen LogP contribution in [-0.2, 0) is 14.4 Å². The lowest BCUT2D eigenvalue weighted by atomic mass is 9.90. The van der Waals surface area contributed by atoms with E-state index in [1.54, 1.807) is 0 Å². The molecular formula is C32H41ClN4O4. The average Bonchev–Trinajstić information content (AvgIpc) is 3.64. The third-order valence-electron chi connectivity index (χ3n) is 7.98. The van der Waals surface area contributed by atoms with E-state index in [0.717, 1.165) is 54.9 Å². The normalized spacial score (nSPS) is 21.7. The van der Waals surface area contributed by atoms with E-state index in [4.69, 9.17) is 16.3 Å². The molecule has 0 aromatic heterocycles. The highest BCUT2D eigenvalue weighted by molar-refractivity contribution is 6.30. The van der Waals surface area contributed by atoms with Gasteiger partial charge in [0.25, 0.3) is 0 Å². The Morgan fingerprint density at radius 1 is 0.829 bits per heavy atom. The number of hydrogen-bond acceptors (Lipinski definition) is 5. The summed E-state index contributed by atoms with van der Waals surface area (Å²) in [6, 6.07) is 15.5. The van der Waals surface area contributed by atoms with E-state index in [-0.39, 0.29) is 24.3 Å². The quantitative estimate of drug-likeness (QED) is 0.371. The molecule has 220 valence electrons. The van der Waals surface area contributed by atoms with Crippen molar-refractivity contribution in [3.63, 3.8) is 0 Å². The molecule has 4 N–H and O–H groups in total. The second-order valence-electron chi connectivity index (χ2n) is 11.0. The molecule has 2 spiro atoms. The number of carbonyl (C=O) groups excluding carboxylic acids is 3. The number of para-hydroxylation sites is 1. The molecule has 41 heavy (non-hydrogen) atoms. The molecule has 0 saturated heterocycles. The number of hydrogen-bond donors (Lipinski definition) is 4. The molecule has 2 aliphatic carbocycles. The summed E-state index contributed by atoms with van der Waals surface area (Å²) in [6.45, 7) is 3.19. The van der Waals surface area contributed by atoms with Crippen LogP contribution in [0.2, 0.25) is 5.02 Å². The van der Waals surface area contributed by atoms with E-state index in [9.17, 15) is 14.4 Å². The molecule has 2 aromatic carbocycles. The largest absolute Gasteiger partial charge is 0.492 e. The predicted octanol–water partition coefficient (Wildman–Crippen LogP) is 4.30. The molecule has 0 radical (unpaired) electrons. The Morgan fingerprint density at radius 3 is 2.22 bits per heavy atom. The van der Waals surface area contributed by atoms with Crippen molar-refractivity contribution in [3.05, 3.63) is 70.8 Å². The number of halogens is 1. The van der Waals surface area contributed by atoms with Crippen molar-refractivity contribution >= 4 is 35.4 Å². The Hall–Kier alpha value is -3.36. The Kier molecular flexibility index (Phi) is 10.8. The van der Waals surface area contributed by atoms with Gasteiger partial charge in [-0.25, -0.2) is 0 Å². The third kappa shape index (κ3) is 8.33. The molecule has 8 nitrogen and oxygen atoms in total. The van der Waals surface area contributed by atoms with Gasteiger partial charge in [0, 0.05) is 23.7 Å². The number of nitrogens with one attached hydrogen (secondary N) is 4. The van der Waals surface area contributed by atoms with Gasteiger partial charge in [0.1, 0.15) is 17.9 Å². The van der Waals surface area contributed by atoms with E-state index in [1.807, 2.05) is 67.6 Å². The molecule has 5 rings (SSSR count). The Bertz CT molecular complexity index is 1220. The van der Waals surface area contributed by atoms with Crippen molar-refractivity contribution in [2.24, 2.45) is 0 Å². The fraction of sp³-hybridized carbons (Fsp3) is 0.469. The van der Waals surface area contributed by atoms with Gasteiger partial charge in [-0.05, 0) is 56.4 Å². The maximum atomic E-state index is 13.5. The lowest BCUT2D eigenvalue weighted by molar-refractivity contribution is -0.137. The molecule has 0 bridgehead atoms. The minimum Gasteiger partial charge on any atom is -0.492 e. The number of amides is 3. The first kappa shape index (κ1) is 30.6. The molecule has 0 unspecified atom stereocenters. The zero-order valence-corrected chi connectivity index (χ0v) is 24.5. The molecule has 2 saturated carbocycles. The van der Waals surface area contributed by atoms with Gasteiger partial charge in [-0.1, -0.05) is 79.8 Å². The number of aryl methyl sites for hydroxylation is 1. The van der Waals surface area contributed by atoms with Crippen molar-refractivity contribution in [1.29, 1.82) is 0 Å². The van der Waals surface area contributed by atoms with Crippen LogP contribution in [0.1, 0.15) is 62.5 Å². The fourth-order valence-corrected chi connectivity index (χ4v) is 5.99. The summed E-state index contributed by atoms with van der Waals surface area (Å²) in [4.78, 5) is 38.9. The minimum atomic E-state index is -0.949. The van der Waals surface area contributed by atoms with Crippen LogP contribution in [0.25, 0.3) is 6.08 Å². The number of rotatable bonds is 0. The van der Waals surface area contributed by atoms with E-state index in [0.29, 0.717) is 32.5 Å². The average molecular weight is 581 g/mol. The highest BCUT2D eigenvalue weighted by atomic mass is 35.5. The van der Waals surface area contributed by atoms with Gasteiger partial charge < -0.3 is 20.7 Å². The van der Waals surface area contributed by atoms with Crippen molar-refractivity contribution < 1.29 is 19.1 Å². The minimum absolute atomic E-state index is 0.118. The Labute approximate surface area is 247 Å². The summed E-state index contributed by atoms with van der Waals surface area (Å²) >= 11 is 5.64. The summed E-state index contributed by atoms with van der Waals surface area (Å²) in [6.07, 6.45) is 10.1. The maximum absolute atomic E-state index is 13.5. The SMILES string of the molecule is Cc1cccc(Cl)c1.O=C1CNC(=O)C2(CCCC2)NC(=O)C2(CCCC2)NCCOc2ccccc2/C=C/CN1. The van der Waals surface area contributed by atoms with Gasteiger partial charge in [0.2, 0.25) is 17.7 Å². The molecule has 3 aliphatic rings. The highest BCUT2D eigenvalue weighted by Gasteiger charge is 2.48. The molecule has 1 heterocycles. The first-order valence-electron chi connectivity index (χ1n) is 14.6. The first-order chi connectivity index (χ1) is 19.8. The van der Waals surface area contributed by atoms with Crippen LogP contribution < -0.4 is 26.0 Å². The summed E-state index contributed by atoms with van der Waals surface area (Å²) in [5.74, 6) is 0.0914. The second-order valence-corrected chi connectivity index (χ2v) is 11.5. The topological polar surface area (TPSA) is 109 Å².